The normalized spacial score (nSPS) is 10.9. The SMILES string of the molecule is Cc1cc(C(=O)CSc2nnc(COc3ccc(Cl)cc3)o2)c(C)n1C. The summed E-state index contributed by atoms with van der Waals surface area (Å²) in [5.41, 5.74) is 2.73. The van der Waals surface area contributed by atoms with Gasteiger partial charge < -0.3 is 13.7 Å². The van der Waals surface area contributed by atoms with Crippen molar-refractivity contribution in [1.82, 2.24) is 14.8 Å². The Bertz CT molecular complexity index is 918. The number of rotatable bonds is 7. The molecule has 26 heavy (non-hydrogen) atoms. The number of halogens is 1. The van der Waals surface area contributed by atoms with E-state index in [1.807, 2.05) is 31.5 Å². The second kappa shape index (κ2) is 7.97. The summed E-state index contributed by atoms with van der Waals surface area (Å²) in [6.07, 6.45) is 0. The van der Waals surface area contributed by atoms with Crippen molar-refractivity contribution in [2.45, 2.75) is 25.7 Å². The van der Waals surface area contributed by atoms with Gasteiger partial charge in [0.25, 0.3) is 11.1 Å². The Hall–Kier alpha value is -2.25. The van der Waals surface area contributed by atoms with E-state index in [1.54, 1.807) is 24.3 Å². The van der Waals surface area contributed by atoms with Gasteiger partial charge in [-0.15, -0.1) is 10.2 Å². The average Bonchev–Trinajstić information content (AvgIpc) is 3.19. The van der Waals surface area contributed by atoms with Crippen LogP contribution < -0.4 is 4.74 Å². The summed E-state index contributed by atoms with van der Waals surface area (Å²) in [4.78, 5) is 12.4. The maximum Gasteiger partial charge on any atom is 0.277 e. The quantitative estimate of drug-likeness (QED) is 0.443. The number of benzene rings is 1. The van der Waals surface area contributed by atoms with E-state index in [9.17, 15) is 4.79 Å². The molecule has 0 aliphatic rings. The minimum absolute atomic E-state index is 0.0355. The number of thioether (sulfide) groups is 1. The fourth-order valence-electron chi connectivity index (χ4n) is 2.37. The van der Waals surface area contributed by atoms with E-state index >= 15 is 0 Å². The molecule has 0 spiro atoms. The Balaban J connectivity index is 1.54. The summed E-state index contributed by atoms with van der Waals surface area (Å²) in [5, 5.41) is 8.86. The van der Waals surface area contributed by atoms with E-state index in [0.29, 0.717) is 21.9 Å². The molecule has 0 saturated carbocycles. The maximum atomic E-state index is 12.4. The molecule has 0 N–H and O–H groups in total. The van der Waals surface area contributed by atoms with Gasteiger partial charge in [0.1, 0.15) is 5.75 Å². The first kappa shape index (κ1) is 18.5. The van der Waals surface area contributed by atoms with Crippen molar-refractivity contribution in [3.05, 3.63) is 58.2 Å². The molecular formula is C18H18ClN3O3S. The van der Waals surface area contributed by atoms with Gasteiger partial charge >= 0.3 is 0 Å². The molecule has 3 rings (SSSR count). The number of nitrogens with zero attached hydrogens (tertiary/aromatic N) is 3. The Labute approximate surface area is 160 Å². The summed E-state index contributed by atoms with van der Waals surface area (Å²) in [6.45, 7) is 4.06. The largest absolute Gasteiger partial charge is 0.484 e. The molecule has 0 aliphatic carbocycles. The van der Waals surface area contributed by atoms with Crippen LogP contribution in [0, 0.1) is 13.8 Å². The van der Waals surface area contributed by atoms with Crippen molar-refractivity contribution < 1.29 is 13.9 Å². The van der Waals surface area contributed by atoms with Crippen molar-refractivity contribution in [2.24, 2.45) is 7.05 Å². The second-order valence-corrected chi connectivity index (χ2v) is 7.12. The molecule has 0 saturated heterocycles. The van der Waals surface area contributed by atoms with Crippen LogP contribution in [0.25, 0.3) is 0 Å². The molecule has 0 radical (unpaired) electrons. The Morgan fingerprint density at radius 2 is 2.00 bits per heavy atom. The van der Waals surface area contributed by atoms with Crippen LogP contribution in [-0.4, -0.2) is 26.3 Å². The number of carbonyl (C=O) groups excluding carboxylic acids is 1. The molecule has 6 nitrogen and oxygen atoms in total. The fourth-order valence-corrected chi connectivity index (χ4v) is 3.16. The van der Waals surface area contributed by atoms with Crippen molar-refractivity contribution >= 4 is 29.1 Å². The van der Waals surface area contributed by atoms with Crippen LogP contribution in [0.4, 0.5) is 0 Å². The highest BCUT2D eigenvalue weighted by molar-refractivity contribution is 7.99. The zero-order valence-electron chi connectivity index (χ0n) is 14.7. The molecule has 0 bridgehead atoms. The lowest BCUT2D eigenvalue weighted by Crippen LogP contribution is -2.04. The third kappa shape index (κ3) is 4.28. The molecule has 2 heterocycles. The molecule has 0 amide bonds. The number of Topliss-reactive ketones (excluding diaryl/α,β-unsaturated/α-hetero) is 1. The van der Waals surface area contributed by atoms with Crippen molar-refractivity contribution in [3.8, 4) is 5.75 Å². The van der Waals surface area contributed by atoms with Crippen LogP contribution in [0.1, 0.15) is 27.6 Å². The zero-order chi connectivity index (χ0) is 18.7. The number of aromatic nitrogens is 3. The third-order valence-electron chi connectivity index (χ3n) is 4.03. The van der Waals surface area contributed by atoms with Crippen LogP contribution in [0.5, 0.6) is 5.75 Å². The molecule has 136 valence electrons. The predicted molar refractivity (Wildman–Crippen MR) is 100 cm³/mol. The Kier molecular flexibility index (Phi) is 5.68. The molecule has 8 heteroatoms. The van der Waals surface area contributed by atoms with E-state index in [2.05, 4.69) is 10.2 Å². The topological polar surface area (TPSA) is 70.2 Å². The summed E-state index contributed by atoms with van der Waals surface area (Å²) < 4.78 is 13.1. The van der Waals surface area contributed by atoms with Crippen LogP contribution in [0.2, 0.25) is 5.02 Å². The van der Waals surface area contributed by atoms with Gasteiger partial charge in [0.2, 0.25) is 0 Å². The van der Waals surface area contributed by atoms with Gasteiger partial charge in [0, 0.05) is 29.0 Å². The molecule has 0 unspecified atom stereocenters. The lowest BCUT2D eigenvalue weighted by atomic mass is 10.2. The average molecular weight is 392 g/mol. The molecule has 3 aromatic rings. The van der Waals surface area contributed by atoms with Gasteiger partial charge in [-0.2, -0.15) is 0 Å². The summed E-state index contributed by atoms with van der Waals surface area (Å²) in [7, 11) is 1.94. The summed E-state index contributed by atoms with van der Waals surface area (Å²) in [5.74, 6) is 1.28. The molecule has 1 aromatic carbocycles. The van der Waals surface area contributed by atoms with E-state index in [-0.39, 0.29) is 18.1 Å². The zero-order valence-corrected chi connectivity index (χ0v) is 16.2. The predicted octanol–water partition coefficient (Wildman–Crippen LogP) is 4.23. The van der Waals surface area contributed by atoms with Gasteiger partial charge in [-0.3, -0.25) is 4.79 Å². The minimum atomic E-state index is 0.0355. The van der Waals surface area contributed by atoms with Crippen molar-refractivity contribution in [2.75, 3.05) is 5.75 Å². The van der Waals surface area contributed by atoms with Crippen LogP contribution in [0.3, 0.4) is 0 Å². The number of aryl methyl sites for hydroxylation is 1. The molecule has 0 aliphatic heterocycles. The highest BCUT2D eigenvalue weighted by Crippen LogP contribution is 2.22. The number of hydrogen-bond acceptors (Lipinski definition) is 6. The number of carbonyl (C=O) groups is 1. The van der Waals surface area contributed by atoms with Gasteiger partial charge in [-0.05, 0) is 44.2 Å². The molecule has 2 aromatic heterocycles. The first-order chi connectivity index (χ1) is 12.4. The second-order valence-electron chi connectivity index (χ2n) is 5.76. The lowest BCUT2D eigenvalue weighted by molar-refractivity contribution is 0.102. The minimum Gasteiger partial charge on any atom is -0.484 e. The van der Waals surface area contributed by atoms with Crippen LogP contribution >= 0.6 is 23.4 Å². The van der Waals surface area contributed by atoms with Crippen molar-refractivity contribution in [3.63, 3.8) is 0 Å². The highest BCUT2D eigenvalue weighted by Gasteiger charge is 2.16. The van der Waals surface area contributed by atoms with Gasteiger partial charge in [0.05, 0.1) is 5.75 Å². The van der Waals surface area contributed by atoms with E-state index in [1.165, 1.54) is 11.8 Å². The van der Waals surface area contributed by atoms with E-state index < -0.39 is 0 Å². The number of hydrogen-bond donors (Lipinski definition) is 0. The first-order valence-corrected chi connectivity index (χ1v) is 9.30. The standard InChI is InChI=1S/C18H18ClN3O3S/c1-11-8-15(12(2)22(11)3)16(23)10-26-18-21-20-17(25-18)9-24-14-6-4-13(19)5-7-14/h4-8H,9-10H2,1-3H3. The number of ether oxygens (including phenoxy) is 1. The Morgan fingerprint density at radius 3 is 2.65 bits per heavy atom. The van der Waals surface area contributed by atoms with Gasteiger partial charge in [-0.25, -0.2) is 0 Å². The smallest absolute Gasteiger partial charge is 0.277 e. The molecular weight excluding hydrogens is 374 g/mol. The first-order valence-electron chi connectivity index (χ1n) is 7.93. The van der Waals surface area contributed by atoms with E-state index in [4.69, 9.17) is 20.8 Å². The lowest BCUT2D eigenvalue weighted by Gasteiger charge is -2.02. The molecule has 0 fully saturated rings. The summed E-state index contributed by atoms with van der Waals surface area (Å²) in [6, 6.07) is 8.90. The molecule has 0 atom stereocenters. The highest BCUT2D eigenvalue weighted by atomic mass is 35.5. The van der Waals surface area contributed by atoms with Gasteiger partial charge in [-0.1, -0.05) is 23.4 Å². The summed E-state index contributed by atoms with van der Waals surface area (Å²) >= 11 is 7.05. The van der Waals surface area contributed by atoms with E-state index in [0.717, 1.165) is 17.0 Å². The maximum absolute atomic E-state index is 12.4. The van der Waals surface area contributed by atoms with Gasteiger partial charge in [0.15, 0.2) is 12.4 Å². The number of ketones is 1. The third-order valence-corrected chi connectivity index (χ3v) is 5.10. The fraction of sp³-hybridized carbons (Fsp3) is 0.278. The van der Waals surface area contributed by atoms with Crippen LogP contribution in [-0.2, 0) is 13.7 Å². The van der Waals surface area contributed by atoms with Crippen LogP contribution in [0.15, 0.2) is 40.0 Å². The monoisotopic (exact) mass is 391 g/mol. The Morgan fingerprint density at radius 1 is 1.27 bits per heavy atom. The van der Waals surface area contributed by atoms with Crippen molar-refractivity contribution in [1.29, 1.82) is 0 Å².